The fourth-order valence-corrected chi connectivity index (χ4v) is 1.49. The maximum absolute atomic E-state index is 11.2. The number of fused-ring (bicyclic) bond motifs is 1. The van der Waals surface area contributed by atoms with Crippen LogP contribution in [0.25, 0.3) is 0 Å². The molecule has 2 N–H and O–H groups in total. The van der Waals surface area contributed by atoms with Crippen LogP contribution in [0.5, 0.6) is 0 Å². The minimum absolute atomic E-state index is 0. The van der Waals surface area contributed by atoms with Crippen LogP contribution < -0.4 is 5.73 Å². The Morgan fingerprint density at radius 2 is 2.00 bits per heavy atom. The van der Waals surface area contributed by atoms with Crippen molar-refractivity contribution in [1.29, 1.82) is 0 Å². The number of carbonyl (C=O) groups excluding carboxylic acids is 1. The molecule has 3 heteroatoms. The van der Waals surface area contributed by atoms with E-state index >= 15 is 0 Å². The lowest BCUT2D eigenvalue weighted by Crippen LogP contribution is -2.05. The molecule has 0 aromatic heterocycles. The van der Waals surface area contributed by atoms with Gasteiger partial charge < -0.3 is 5.73 Å². The molecule has 1 aromatic carbocycles. The van der Waals surface area contributed by atoms with Gasteiger partial charge in [-0.3, -0.25) is 4.79 Å². The van der Waals surface area contributed by atoms with Crippen molar-refractivity contribution in [2.75, 3.05) is 0 Å². The third kappa shape index (κ3) is 1.24. The number of benzene rings is 1. The Morgan fingerprint density at radius 1 is 1.33 bits per heavy atom. The third-order valence-electron chi connectivity index (χ3n) is 2.07. The predicted molar refractivity (Wildman–Crippen MR) is 49.6 cm³/mol. The Balaban J connectivity index is 0.000000720. The number of Topliss-reactive ketones (excluding diaryl/α,β-unsaturated/α-hetero) is 1. The van der Waals surface area contributed by atoms with Gasteiger partial charge in [-0.1, -0.05) is 24.3 Å². The third-order valence-corrected chi connectivity index (χ3v) is 2.07. The van der Waals surface area contributed by atoms with Crippen LogP contribution in [0.2, 0.25) is 0 Å². The van der Waals surface area contributed by atoms with Crippen molar-refractivity contribution in [1.82, 2.24) is 0 Å². The molecule has 1 aliphatic carbocycles. The molecule has 12 heavy (non-hydrogen) atoms. The largest absolute Gasteiger partial charge is 0.324 e. The number of carbonyl (C=O) groups is 1. The molecule has 2 rings (SSSR count). The van der Waals surface area contributed by atoms with Crippen LogP contribution in [0.4, 0.5) is 0 Å². The van der Waals surface area contributed by atoms with Gasteiger partial charge in [0.2, 0.25) is 0 Å². The molecule has 0 fully saturated rings. The molecule has 64 valence electrons. The van der Waals surface area contributed by atoms with E-state index in [0.29, 0.717) is 6.42 Å². The van der Waals surface area contributed by atoms with Crippen LogP contribution in [0.1, 0.15) is 28.4 Å². The second kappa shape index (κ2) is 3.25. The zero-order valence-corrected chi connectivity index (χ0v) is 7.30. The average molecular weight is 184 g/mol. The standard InChI is InChI=1S/C9H9NO.ClH/c10-8-5-9(11)7-4-2-1-3-6(7)8;/h1-4,8H,5,10H2;1H/t8-;/m1./s1. The van der Waals surface area contributed by atoms with Crippen molar-refractivity contribution in [2.45, 2.75) is 12.5 Å². The van der Waals surface area contributed by atoms with Gasteiger partial charge in [-0.2, -0.15) is 0 Å². The zero-order chi connectivity index (χ0) is 7.84. The molecule has 0 spiro atoms. The van der Waals surface area contributed by atoms with Crippen molar-refractivity contribution in [3.05, 3.63) is 35.4 Å². The van der Waals surface area contributed by atoms with Gasteiger partial charge in [0.15, 0.2) is 5.78 Å². The fourth-order valence-electron chi connectivity index (χ4n) is 1.49. The number of hydrogen-bond donors (Lipinski definition) is 1. The first kappa shape index (κ1) is 9.23. The van der Waals surface area contributed by atoms with E-state index in [2.05, 4.69) is 0 Å². The highest BCUT2D eigenvalue weighted by Gasteiger charge is 2.25. The lowest BCUT2D eigenvalue weighted by Gasteiger charge is -2.00. The van der Waals surface area contributed by atoms with Crippen molar-refractivity contribution in [2.24, 2.45) is 5.73 Å². The first-order valence-corrected chi connectivity index (χ1v) is 3.67. The van der Waals surface area contributed by atoms with Crippen molar-refractivity contribution < 1.29 is 4.79 Å². The Morgan fingerprint density at radius 3 is 2.67 bits per heavy atom. The second-order valence-electron chi connectivity index (χ2n) is 2.82. The van der Waals surface area contributed by atoms with Crippen LogP contribution in [0.15, 0.2) is 24.3 Å². The summed E-state index contributed by atoms with van der Waals surface area (Å²) in [6, 6.07) is 7.47. The quantitative estimate of drug-likeness (QED) is 0.665. The normalized spacial score (nSPS) is 20.1. The lowest BCUT2D eigenvalue weighted by molar-refractivity contribution is 0.0989. The SMILES string of the molecule is Cl.N[C@@H]1CC(=O)c2ccccc21. The molecule has 0 saturated carbocycles. The topological polar surface area (TPSA) is 43.1 Å². The van der Waals surface area contributed by atoms with Crippen molar-refractivity contribution in [3.8, 4) is 0 Å². The number of rotatable bonds is 0. The first-order valence-electron chi connectivity index (χ1n) is 3.67. The molecule has 1 aliphatic rings. The van der Waals surface area contributed by atoms with Gasteiger partial charge in [-0.15, -0.1) is 12.4 Å². The summed E-state index contributed by atoms with van der Waals surface area (Å²) in [6.07, 6.45) is 0.472. The first-order chi connectivity index (χ1) is 5.29. The van der Waals surface area contributed by atoms with Crippen LogP contribution >= 0.6 is 12.4 Å². The smallest absolute Gasteiger partial charge is 0.165 e. The van der Waals surface area contributed by atoms with Gasteiger partial charge in [-0.05, 0) is 5.56 Å². The lowest BCUT2D eigenvalue weighted by atomic mass is 10.1. The second-order valence-corrected chi connectivity index (χ2v) is 2.82. The van der Waals surface area contributed by atoms with E-state index in [0.717, 1.165) is 11.1 Å². The molecule has 2 nitrogen and oxygen atoms in total. The number of nitrogens with two attached hydrogens (primary N) is 1. The number of hydrogen-bond acceptors (Lipinski definition) is 2. The van der Waals surface area contributed by atoms with Crippen LogP contribution in [0.3, 0.4) is 0 Å². The molecular formula is C9H10ClNO. The predicted octanol–water partition coefficient (Wildman–Crippen LogP) is 1.69. The van der Waals surface area contributed by atoms with E-state index in [4.69, 9.17) is 5.73 Å². The summed E-state index contributed by atoms with van der Waals surface area (Å²) in [7, 11) is 0. The van der Waals surface area contributed by atoms with Gasteiger partial charge in [0.1, 0.15) is 0 Å². The van der Waals surface area contributed by atoms with Gasteiger partial charge in [0.25, 0.3) is 0 Å². The molecule has 1 aromatic rings. The minimum Gasteiger partial charge on any atom is -0.324 e. The highest BCUT2D eigenvalue weighted by atomic mass is 35.5. The minimum atomic E-state index is -0.0706. The Labute approximate surface area is 77.2 Å². The van der Waals surface area contributed by atoms with E-state index in [9.17, 15) is 4.79 Å². The molecule has 1 atom stereocenters. The number of ketones is 1. The maximum Gasteiger partial charge on any atom is 0.165 e. The summed E-state index contributed by atoms with van der Waals surface area (Å²) in [5.41, 5.74) is 7.52. The molecule has 0 unspecified atom stereocenters. The molecule has 0 amide bonds. The van der Waals surface area contributed by atoms with E-state index in [1.54, 1.807) is 0 Å². The summed E-state index contributed by atoms with van der Waals surface area (Å²) in [5, 5.41) is 0. The van der Waals surface area contributed by atoms with Crippen LogP contribution in [-0.4, -0.2) is 5.78 Å². The number of halogens is 1. The summed E-state index contributed by atoms with van der Waals surface area (Å²) >= 11 is 0. The van der Waals surface area contributed by atoms with Crippen LogP contribution in [-0.2, 0) is 0 Å². The molecule has 0 heterocycles. The molecular weight excluding hydrogens is 174 g/mol. The van der Waals surface area contributed by atoms with E-state index < -0.39 is 0 Å². The molecule has 0 bridgehead atoms. The summed E-state index contributed by atoms with van der Waals surface area (Å²) in [5.74, 6) is 0.174. The summed E-state index contributed by atoms with van der Waals surface area (Å²) < 4.78 is 0. The highest BCUT2D eigenvalue weighted by Crippen LogP contribution is 2.28. The van der Waals surface area contributed by atoms with Crippen molar-refractivity contribution >= 4 is 18.2 Å². The van der Waals surface area contributed by atoms with Gasteiger partial charge in [-0.25, -0.2) is 0 Å². The molecule has 0 aliphatic heterocycles. The van der Waals surface area contributed by atoms with Gasteiger partial charge in [0.05, 0.1) is 0 Å². The maximum atomic E-state index is 11.2. The van der Waals surface area contributed by atoms with E-state index in [-0.39, 0.29) is 24.2 Å². The summed E-state index contributed by atoms with van der Waals surface area (Å²) in [6.45, 7) is 0. The zero-order valence-electron chi connectivity index (χ0n) is 6.49. The Bertz CT molecular complexity index is 311. The Hall–Kier alpha value is -0.860. The summed E-state index contributed by atoms with van der Waals surface area (Å²) in [4.78, 5) is 11.2. The van der Waals surface area contributed by atoms with Crippen molar-refractivity contribution in [3.63, 3.8) is 0 Å². The van der Waals surface area contributed by atoms with Gasteiger partial charge >= 0.3 is 0 Å². The van der Waals surface area contributed by atoms with E-state index in [1.165, 1.54) is 0 Å². The molecule has 0 radical (unpaired) electrons. The highest BCUT2D eigenvalue weighted by molar-refractivity contribution is 6.01. The van der Waals surface area contributed by atoms with Crippen LogP contribution in [0, 0.1) is 0 Å². The van der Waals surface area contributed by atoms with Gasteiger partial charge in [0, 0.05) is 18.0 Å². The molecule has 0 saturated heterocycles. The van der Waals surface area contributed by atoms with E-state index in [1.807, 2.05) is 24.3 Å². The Kier molecular flexibility index (Phi) is 2.50. The fraction of sp³-hybridized carbons (Fsp3) is 0.222. The monoisotopic (exact) mass is 183 g/mol. The average Bonchev–Trinajstić information content (AvgIpc) is 2.30.